The molecule has 0 spiro atoms. The highest BCUT2D eigenvalue weighted by Gasteiger charge is 2.07. The third-order valence-corrected chi connectivity index (χ3v) is 4.61. The molecule has 0 saturated heterocycles. The first-order valence-electron chi connectivity index (χ1n) is 8.90. The highest BCUT2D eigenvalue weighted by Crippen LogP contribution is 2.18. The van der Waals surface area contributed by atoms with Crippen molar-refractivity contribution in [2.24, 2.45) is 5.10 Å². The molecule has 28 heavy (non-hydrogen) atoms. The summed E-state index contributed by atoms with van der Waals surface area (Å²) in [4.78, 5) is 12.2. The van der Waals surface area contributed by atoms with Gasteiger partial charge < -0.3 is 4.74 Å². The van der Waals surface area contributed by atoms with Gasteiger partial charge in [-0.1, -0.05) is 59.6 Å². The van der Waals surface area contributed by atoms with Crippen LogP contribution in [0.15, 0.2) is 71.8 Å². The van der Waals surface area contributed by atoms with Crippen molar-refractivity contribution in [3.63, 3.8) is 0 Å². The number of carbonyl (C=O) groups is 1. The average Bonchev–Trinajstić information content (AvgIpc) is 2.69. The SMILES string of the molecule is Cc1cccc(COc2ccccc2/C=N\NC(=O)c2ccc(C)c(Cl)c2)c1. The van der Waals surface area contributed by atoms with Gasteiger partial charge in [0, 0.05) is 16.1 Å². The summed E-state index contributed by atoms with van der Waals surface area (Å²) < 4.78 is 5.93. The molecule has 1 N–H and O–H groups in total. The fourth-order valence-corrected chi connectivity index (χ4v) is 2.82. The van der Waals surface area contributed by atoms with Crippen LogP contribution in [0.5, 0.6) is 5.75 Å². The Morgan fingerprint density at radius 3 is 2.68 bits per heavy atom. The van der Waals surface area contributed by atoms with Crippen LogP contribution < -0.4 is 10.2 Å². The Bertz CT molecular complexity index is 1010. The Hall–Kier alpha value is -3.11. The molecule has 3 aromatic carbocycles. The predicted octanol–water partition coefficient (Wildman–Crippen LogP) is 5.30. The van der Waals surface area contributed by atoms with Crippen molar-refractivity contribution < 1.29 is 9.53 Å². The minimum Gasteiger partial charge on any atom is -0.488 e. The second kappa shape index (κ2) is 9.20. The Morgan fingerprint density at radius 1 is 1.07 bits per heavy atom. The molecule has 0 unspecified atom stereocenters. The van der Waals surface area contributed by atoms with E-state index >= 15 is 0 Å². The lowest BCUT2D eigenvalue weighted by Gasteiger charge is -2.09. The van der Waals surface area contributed by atoms with E-state index < -0.39 is 0 Å². The van der Waals surface area contributed by atoms with Crippen molar-refractivity contribution >= 4 is 23.7 Å². The van der Waals surface area contributed by atoms with Gasteiger partial charge in [-0.05, 0) is 49.2 Å². The number of hydrogen-bond donors (Lipinski definition) is 1. The molecule has 0 aliphatic rings. The van der Waals surface area contributed by atoms with Gasteiger partial charge in [-0.3, -0.25) is 4.79 Å². The lowest BCUT2D eigenvalue weighted by Crippen LogP contribution is -2.17. The van der Waals surface area contributed by atoms with Crippen LogP contribution in [0.25, 0.3) is 0 Å². The average molecular weight is 393 g/mol. The number of amides is 1. The zero-order chi connectivity index (χ0) is 19.9. The van der Waals surface area contributed by atoms with E-state index in [1.807, 2.05) is 56.3 Å². The number of aryl methyl sites for hydroxylation is 2. The summed E-state index contributed by atoms with van der Waals surface area (Å²) in [7, 11) is 0. The van der Waals surface area contributed by atoms with E-state index in [0.29, 0.717) is 22.9 Å². The number of benzene rings is 3. The van der Waals surface area contributed by atoms with E-state index in [4.69, 9.17) is 16.3 Å². The van der Waals surface area contributed by atoms with Crippen molar-refractivity contribution in [3.8, 4) is 5.75 Å². The van der Waals surface area contributed by atoms with E-state index in [0.717, 1.165) is 16.7 Å². The number of carbonyl (C=O) groups excluding carboxylic acids is 1. The molecule has 5 heteroatoms. The van der Waals surface area contributed by atoms with E-state index in [1.165, 1.54) is 5.56 Å². The van der Waals surface area contributed by atoms with Crippen molar-refractivity contribution in [1.82, 2.24) is 5.43 Å². The van der Waals surface area contributed by atoms with Crippen LogP contribution in [0, 0.1) is 13.8 Å². The number of rotatable bonds is 6. The molecular formula is C23H21ClN2O2. The van der Waals surface area contributed by atoms with Crippen molar-refractivity contribution in [2.45, 2.75) is 20.5 Å². The van der Waals surface area contributed by atoms with Gasteiger partial charge in [0.25, 0.3) is 5.91 Å². The molecule has 4 nitrogen and oxygen atoms in total. The summed E-state index contributed by atoms with van der Waals surface area (Å²) in [5.74, 6) is 0.372. The highest BCUT2D eigenvalue weighted by atomic mass is 35.5. The van der Waals surface area contributed by atoms with Crippen molar-refractivity contribution in [1.29, 1.82) is 0 Å². The maximum Gasteiger partial charge on any atom is 0.271 e. The lowest BCUT2D eigenvalue weighted by molar-refractivity contribution is 0.0955. The fourth-order valence-electron chi connectivity index (χ4n) is 2.64. The summed E-state index contributed by atoms with van der Waals surface area (Å²) in [5, 5.41) is 4.60. The largest absolute Gasteiger partial charge is 0.488 e. The standard InChI is InChI=1S/C23H21ClN2O2/c1-16-6-5-7-18(12-16)15-28-22-9-4-3-8-20(22)14-25-26-23(27)19-11-10-17(2)21(24)13-19/h3-14H,15H2,1-2H3,(H,26,27)/b25-14-. The Kier molecular flexibility index (Phi) is 6.45. The van der Waals surface area contributed by atoms with Gasteiger partial charge in [-0.15, -0.1) is 0 Å². The summed E-state index contributed by atoms with van der Waals surface area (Å²) >= 11 is 6.07. The molecule has 0 radical (unpaired) electrons. The van der Waals surface area contributed by atoms with Crippen LogP contribution in [-0.4, -0.2) is 12.1 Å². The van der Waals surface area contributed by atoms with Crippen LogP contribution >= 0.6 is 11.6 Å². The molecule has 142 valence electrons. The number of ether oxygens (including phenoxy) is 1. The third-order valence-electron chi connectivity index (χ3n) is 4.20. The molecule has 0 aromatic heterocycles. The van der Waals surface area contributed by atoms with Crippen LogP contribution in [0.3, 0.4) is 0 Å². The zero-order valence-corrected chi connectivity index (χ0v) is 16.5. The number of halogens is 1. The molecule has 0 heterocycles. The second-order valence-corrected chi connectivity index (χ2v) is 6.89. The maximum atomic E-state index is 12.2. The van der Waals surface area contributed by atoms with E-state index in [1.54, 1.807) is 24.4 Å². The smallest absolute Gasteiger partial charge is 0.271 e. The predicted molar refractivity (Wildman–Crippen MR) is 113 cm³/mol. The Labute approximate surface area is 169 Å². The molecule has 0 fully saturated rings. The topological polar surface area (TPSA) is 50.7 Å². The minimum absolute atomic E-state index is 0.323. The van der Waals surface area contributed by atoms with Gasteiger partial charge in [0.1, 0.15) is 12.4 Å². The first kappa shape index (κ1) is 19.6. The van der Waals surface area contributed by atoms with Gasteiger partial charge in [-0.25, -0.2) is 5.43 Å². The maximum absolute atomic E-state index is 12.2. The lowest BCUT2D eigenvalue weighted by atomic mass is 10.1. The molecule has 3 aromatic rings. The van der Waals surface area contributed by atoms with Crippen molar-refractivity contribution in [3.05, 3.63) is 99.6 Å². The number of para-hydroxylation sites is 1. The first-order valence-corrected chi connectivity index (χ1v) is 9.27. The number of nitrogens with zero attached hydrogens (tertiary/aromatic N) is 1. The van der Waals surface area contributed by atoms with E-state index in [9.17, 15) is 4.79 Å². The zero-order valence-electron chi connectivity index (χ0n) is 15.8. The number of hydrazone groups is 1. The van der Waals surface area contributed by atoms with E-state index in [2.05, 4.69) is 16.6 Å². The molecule has 0 bridgehead atoms. The molecule has 0 aliphatic carbocycles. The monoisotopic (exact) mass is 392 g/mol. The van der Waals surface area contributed by atoms with Crippen LogP contribution in [0.4, 0.5) is 0 Å². The Balaban J connectivity index is 1.65. The Morgan fingerprint density at radius 2 is 1.89 bits per heavy atom. The van der Waals surface area contributed by atoms with E-state index in [-0.39, 0.29) is 5.91 Å². The normalized spacial score (nSPS) is 10.8. The van der Waals surface area contributed by atoms with Gasteiger partial charge in [0.2, 0.25) is 0 Å². The minimum atomic E-state index is -0.323. The number of hydrogen-bond acceptors (Lipinski definition) is 3. The molecule has 0 saturated carbocycles. The highest BCUT2D eigenvalue weighted by molar-refractivity contribution is 6.31. The van der Waals surface area contributed by atoms with Crippen LogP contribution in [-0.2, 0) is 6.61 Å². The summed E-state index contributed by atoms with van der Waals surface area (Å²) in [5.41, 5.74) is 6.95. The second-order valence-electron chi connectivity index (χ2n) is 6.48. The van der Waals surface area contributed by atoms with Gasteiger partial charge in [-0.2, -0.15) is 5.10 Å². The molecule has 0 atom stereocenters. The quantitative estimate of drug-likeness (QED) is 0.457. The summed E-state index contributed by atoms with van der Waals surface area (Å²) in [6, 6.07) is 20.9. The van der Waals surface area contributed by atoms with Crippen LogP contribution in [0.2, 0.25) is 5.02 Å². The summed E-state index contributed by atoms with van der Waals surface area (Å²) in [6.45, 7) is 4.39. The van der Waals surface area contributed by atoms with Crippen LogP contribution in [0.1, 0.15) is 32.6 Å². The van der Waals surface area contributed by atoms with Gasteiger partial charge in [0.05, 0.1) is 6.21 Å². The number of nitrogens with one attached hydrogen (secondary N) is 1. The van der Waals surface area contributed by atoms with Crippen molar-refractivity contribution in [2.75, 3.05) is 0 Å². The molecular weight excluding hydrogens is 372 g/mol. The molecule has 3 rings (SSSR count). The fraction of sp³-hybridized carbons (Fsp3) is 0.130. The molecule has 1 amide bonds. The summed E-state index contributed by atoms with van der Waals surface area (Å²) in [6.07, 6.45) is 1.57. The van der Waals surface area contributed by atoms with Gasteiger partial charge in [0.15, 0.2) is 0 Å². The third kappa shape index (κ3) is 5.21. The first-order chi connectivity index (χ1) is 13.5. The van der Waals surface area contributed by atoms with Gasteiger partial charge >= 0.3 is 0 Å². The molecule has 0 aliphatic heterocycles.